The number of carboxylic acid groups (broad SMARTS) is 1. The number of nitrogen functional groups attached to an aromatic ring is 1. The van der Waals surface area contributed by atoms with E-state index in [1.807, 2.05) is 24.3 Å². The van der Waals surface area contributed by atoms with Gasteiger partial charge in [0.15, 0.2) is 5.82 Å². The number of benzene rings is 3. The van der Waals surface area contributed by atoms with Gasteiger partial charge < -0.3 is 10.1 Å². The van der Waals surface area contributed by atoms with Gasteiger partial charge >= 0.3 is 5.97 Å². The van der Waals surface area contributed by atoms with Gasteiger partial charge in [-0.1, -0.05) is 28.4 Å². The molecule has 0 amide bonds. The molecule has 5 rings (SSSR count). The number of nitrogens with one attached hydrogen (secondary N) is 1. The summed E-state index contributed by atoms with van der Waals surface area (Å²) < 4.78 is 31.6. The van der Waals surface area contributed by atoms with Crippen molar-refractivity contribution in [2.24, 2.45) is 0 Å². The van der Waals surface area contributed by atoms with Crippen molar-refractivity contribution in [1.29, 1.82) is 0 Å². The van der Waals surface area contributed by atoms with Gasteiger partial charge in [0, 0.05) is 9.64 Å². The predicted octanol–water partition coefficient (Wildman–Crippen LogP) is 5.84. The molecule has 0 bridgehead atoms. The molecule has 0 aliphatic carbocycles. The SMILES string of the molecule is N[n+]1cc(-c2c(F)ccc(Cl)c2F)ccc1[C@@H](Cc1ccc(I)cc1)c1nc2ccc(C(=O)O)cc2[nH]1. The minimum Gasteiger partial charge on any atom is -0.478 e. The maximum Gasteiger partial charge on any atom is 0.335 e. The molecule has 0 saturated heterocycles. The fourth-order valence-corrected chi connectivity index (χ4v) is 4.81. The van der Waals surface area contributed by atoms with Crippen molar-refractivity contribution in [3.05, 3.63) is 116 Å². The van der Waals surface area contributed by atoms with Crippen LogP contribution in [0.1, 0.15) is 33.4 Å². The van der Waals surface area contributed by atoms with E-state index in [0.717, 1.165) is 21.3 Å². The van der Waals surface area contributed by atoms with Gasteiger partial charge in [-0.2, -0.15) is 0 Å². The number of aromatic nitrogens is 3. The minimum atomic E-state index is -1.04. The second-order valence-corrected chi connectivity index (χ2v) is 10.2. The first-order chi connectivity index (χ1) is 17.7. The van der Waals surface area contributed by atoms with Crippen molar-refractivity contribution in [3.8, 4) is 11.1 Å². The summed E-state index contributed by atoms with van der Waals surface area (Å²) in [6, 6.07) is 18.2. The average Bonchev–Trinajstić information content (AvgIpc) is 3.30. The summed E-state index contributed by atoms with van der Waals surface area (Å²) in [6.45, 7) is 0. The number of aromatic amines is 1. The van der Waals surface area contributed by atoms with Gasteiger partial charge in [-0.25, -0.2) is 24.4 Å². The van der Waals surface area contributed by atoms with Crippen molar-refractivity contribution >= 4 is 51.2 Å². The van der Waals surface area contributed by atoms with Crippen LogP contribution in [0.2, 0.25) is 5.02 Å². The fourth-order valence-electron chi connectivity index (χ4n) is 4.29. The highest BCUT2D eigenvalue weighted by atomic mass is 127. The number of aromatic carboxylic acids is 1. The van der Waals surface area contributed by atoms with Crippen molar-refractivity contribution in [2.75, 3.05) is 5.84 Å². The average molecular weight is 632 g/mol. The van der Waals surface area contributed by atoms with Crippen LogP contribution in [0, 0.1) is 15.2 Å². The Balaban J connectivity index is 1.62. The number of H-pyrrole nitrogens is 1. The lowest BCUT2D eigenvalue weighted by Crippen LogP contribution is -2.49. The van der Waals surface area contributed by atoms with Crippen molar-refractivity contribution in [1.82, 2.24) is 9.97 Å². The maximum absolute atomic E-state index is 14.7. The first-order valence-electron chi connectivity index (χ1n) is 11.1. The van der Waals surface area contributed by atoms with E-state index in [-0.39, 0.29) is 27.6 Å². The smallest absolute Gasteiger partial charge is 0.335 e. The molecule has 1 atom stereocenters. The Kier molecular flexibility index (Phi) is 6.82. The highest BCUT2D eigenvalue weighted by Gasteiger charge is 2.29. The molecule has 0 unspecified atom stereocenters. The zero-order chi connectivity index (χ0) is 26.3. The Bertz CT molecular complexity index is 1660. The molecule has 0 fully saturated rings. The molecule has 5 aromatic rings. The molecule has 10 heteroatoms. The molecule has 0 saturated carbocycles. The molecule has 37 heavy (non-hydrogen) atoms. The number of carboxylic acids is 1. The lowest BCUT2D eigenvalue weighted by Gasteiger charge is -2.14. The summed E-state index contributed by atoms with van der Waals surface area (Å²) in [7, 11) is 0. The molecular formula is C27H19ClF2IN4O2+. The van der Waals surface area contributed by atoms with Crippen LogP contribution < -0.4 is 10.5 Å². The third-order valence-electron chi connectivity index (χ3n) is 6.13. The number of carbonyl (C=O) groups is 1. The number of pyridine rings is 1. The van der Waals surface area contributed by atoms with Crippen LogP contribution in [0.5, 0.6) is 0 Å². The van der Waals surface area contributed by atoms with Crippen LogP contribution in [-0.4, -0.2) is 21.0 Å². The molecule has 0 radical (unpaired) electrons. The van der Waals surface area contributed by atoms with E-state index in [9.17, 15) is 18.7 Å². The topological polar surface area (TPSA) is 95.9 Å². The summed E-state index contributed by atoms with van der Waals surface area (Å²) in [5, 5.41) is 9.16. The second kappa shape index (κ2) is 10.1. The van der Waals surface area contributed by atoms with Crippen LogP contribution in [0.4, 0.5) is 8.78 Å². The largest absolute Gasteiger partial charge is 0.478 e. The van der Waals surface area contributed by atoms with Gasteiger partial charge in [0.25, 0.3) is 0 Å². The lowest BCUT2D eigenvalue weighted by molar-refractivity contribution is -0.647. The zero-order valence-electron chi connectivity index (χ0n) is 19.1. The van der Waals surface area contributed by atoms with Crippen molar-refractivity contribution in [2.45, 2.75) is 12.3 Å². The normalized spacial score (nSPS) is 12.1. The molecule has 0 aliphatic heterocycles. The molecule has 0 aliphatic rings. The Morgan fingerprint density at radius 1 is 1.11 bits per heavy atom. The monoisotopic (exact) mass is 631 g/mol. The molecule has 0 spiro atoms. The number of hydrogen-bond acceptors (Lipinski definition) is 3. The number of fused-ring (bicyclic) bond motifs is 1. The minimum absolute atomic E-state index is 0.140. The van der Waals surface area contributed by atoms with Gasteiger partial charge in [-0.15, -0.1) is 0 Å². The molecule has 2 heterocycles. The summed E-state index contributed by atoms with van der Waals surface area (Å²) in [5.74, 6) is 3.93. The Morgan fingerprint density at radius 2 is 1.86 bits per heavy atom. The van der Waals surface area contributed by atoms with E-state index < -0.39 is 17.6 Å². The maximum atomic E-state index is 14.7. The second-order valence-electron chi connectivity index (χ2n) is 8.51. The van der Waals surface area contributed by atoms with Crippen LogP contribution >= 0.6 is 34.2 Å². The third-order valence-corrected chi connectivity index (χ3v) is 7.14. The van der Waals surface area contributed by atoms with E-state index in [4.69, 9.17) is 22.4 Å². The van der Waals surface area contributed by atoms with E-state index in [2.05, 4.69) is 27.6 Å². The van der Waals surface area contributed by atoms with E-state index in [0.29, 0.717) is 29.0 Å². The standard InChI is InChI=1S/C27H18ClF2IN4O2/c28-19-7-8-20(29)24(25(19)30)16-4-10-23(35(32)13-16)18(11-14-1-5-17(31)6-2-14)26-33-21-9-3-15(27(36)37)12-22(21)34-26/h1-10,12-13,18H,11,32H2,(H-,33,34,36,37)/p+1/t18-/m1/s1. The van der Waals surface area contributed by atoms with E-state index in [1.54, 1.807) is 18.2 Å². The zero-order valence-corrected chi connectivity index (χ0v) is 22.0. The van der Waals surface area contributed by atoms with Crippen molar-refractivity contribution < 1.29 is 23.4 Å². The van der Waals surface area contributed by atoms with Gasteiger partial charge in [-0.05, 0) is 83.1 Å². The van der Waals surface area contributed by atoms with Crippen LogP contribution in [-0.2, 0) is 6.42 Å². The molecule has 6 nitrogen and oxygen atoms in total. The summed E-state index contributed by atoms with van der Waals surface area (Å²) in [4.78, 5) is 19.4. The van der Waals surface area contributed by atoms with Gasteiger partial charge in [-0.3, -0.25) is 0 Å². The third kappa shape index (κ3) is 5.01. The predicted molar refractivity (Wildman–Crippen MR) is 145 cm³/mol. The molecular weight excluding hydrogens is 613 g/mol. The van der Waals surface area contributed by atoms with Gasteiger partial charge in [0.2, 0.25) is 11.9 Å². The van der Waals surface area contributed by atoms with E-state index in [1.165, 1.54) is 23.0 Å². The Morgan fingerprint density at radius 3 is 2.57 bits per heavy atom. The number of rotatable bonds is 6. The van der Waals surface area contributed by atoms with Gasteiger partial charge in [0.05, 0.1) is 32.7 Å². The number of imidazole rings is 1. The molecule has 2 aromatic heterocycles. The molecule has 186 valence electrons. The van der Waals surface area contributed by atoms with Crippen molar-refractivity contribution in [3.63, 3.8) is 0 Å². The number of nitrogens with zero attached hydrogens (tertiary/aromatic N) is 2. The summed E-state index contributed by atoms with van der Waals surface area (Å²) >= 11 is 8.11. The molecule has 3 aromatic carbocycles. The Hall–Kier alpha value is -3.57. The summed E-state index contributed by atoms with van der Waals surface area (Å²) in [6.07, 6.45) is 1.96. The van der Waals surface area contributed by atoms with Gasteiger partial charge in [0.1, 0.15) is 17.6 Å². The number of halogens is 4. The van der Waals surface area contributed by atoms with Crippen LogP contribution in [0.25, 0.3) is 22.2 Å². The highest BCUT2D eigenvalue weighted by Crippen LogP contribution is 2.32. The Labute approximate surface area is 228 Å². The molecule has 4 N–H and O–H groups in total. The van der Waals surface area contributed by atoms with Crippen LogP contribution in [0.15, 0.2) is 72.9 Å². The number of hydrogen-bond donors (Lipinski definition) is 3. The lowest BCUT2D eigenvalue weighted by atomic mass is 9.94. The number of nitrogens with two attached hydrogens (primary N) is 1. The first-order valence-corrected chi connectivity index (χ1v) is 12.6. The highest BCUT2D eigenvalue weighted by molar-refractivity contribution is 14.1. The van der Waals surface area contributed by atoms with Crippen LogP contribution in [0.3, 0.4) is 0 Å². The fraction of sp³-hybridized carbons (Fsp3) is 0.0741. The quantitative estimate of drug-likeness (QED) is 0.0950. The first kappa shape index (κ1) is 25.1. The summed E-state index contributed by atoms with van der Waals surface area (Å²) in [5.41, 5.74) is 2.93. The van der Waals surface area contributed by atoms with E-state index >= 15 is 0 Å².